The lowest BCUT2D eigenvalue weighted by atomic mass is 9.98. The van der Waals surface area contributed by atoms with Crippen LogP contribution in [0, 0.1) is 13.8 Å². The SMILES string of the molecule is Cc1cccc([C@@H](C)NCCN2CCCS2(=O)=O)c1C. The van der Waals surface area contributed by atoms with Gasteiger partial charge in [0.2, 0.25) is 10.0 Å². The van der Waals surface area contributed by atoms with Crippen LogP contribution in [-0.2, 0) is 10.0 Å². The van der Waals surface area contributed by atoms with E-state index in [9.17, 15) is 8.42 Å². The smallest absolute Gasteiger partial charge is 0.214 e. The predicted molar refractivity (Wildman–Crippen MR) is 82.3 cm³/mol. The second-order valence-corrected chi connectivity index (χ2v) is 7.62. The first kappa shape index (κ1) is 15.5. The fourth-order valence-electron chi connectivity index (χ4n) is 2.70. The maximum atomic E-state index is 11.7. The van der Waals surface area contributed by atoms with Gasteiger partial charge in [0.1, 0.15) is 0 Å². The molecule has 5 heteroatoms. The lowest BCUT2D eigenvalue weighted by Crippen LogP contribution is -2.34. The van der Waals surface area contributed by atoms with Crippen LogP contribution >= 0.6 is 0 Å². The molecule has 1 atom stereocenters. The molecule has 4 nitrogen and oxygen atoms in total. The van der Waals surface area contributed by atoms with Crippen LogP contribution in [0.15, 0.2) is 18.2 Å². The number of nitrogens with zero attached hydrogens (tertiary/aromatic N) is 1. The van der Waals surface area contributed by atoms with Gasteiger partial charge in [-0.25, -0.2) is 12.7 Å². The van der Waals surface area contributed by atoms with Crippen molar-refractivity contribution in [3.63, 3.8) is 0 Å². The topological polar surface area (TPSA) is 49.4 Å². The summed E-state index contributed by atoms with van der Waals surface area (Å²) in [6.07, 6.45) is 0.759. The number of nitrogens with one attached hydrogen (secondary N) is 1. The second-order valence-electron chi connectivity index (χ2n) is 5.53. The lowest BCUT2D eigenvalue weighted by Gasteiger charge is -2.20. The van der Waals surface area contributed by atoms with Crippen molar-refractivity contribution in [2.24, 2.45) is 0 Å². The van der Waals surface area contributed by atoms with Crippen LogP contribution in [0.2, 0.25) is 0 Å². The summed E-state index contributed by atoms with van der Waals surface area (Å²) in [6.45, 7) is 8.30. The van der Waals surface area contributed by atoms with Gasteiger partial charge in [-0.05, 0) is 43.9 Å². The molecule has 0 amide bonds. The van der Waals surface area contributed by atoms with Gasteiger partial charge in [0.25, 0.3) is 0 Å². The van der Waals surface area contributed by atoms with Crippen LogP contribution in [0.3, 0.4) is 0 Å². The maximum absolute atomic E-state index is 11.7. The summed E-state index contributed by atoms with van der Waals surface area (Å²) in [4.78, 5) is 0. The molecule has 1 heterocycles. The molecule has 0 saturated carbocycles. The molecule has 2 rings (SSSR count). The summed E-state index contributed by atoms with van der Waals surface area (Å²) < 4.78 is 25.0. The summed E-state index contributed by atoms with van der Waals surface area (Å²) in [6, 6.07) is 6.55. The molecule has 0 unspecified atom stereocenters. The third-order valence-electron chi connectivity index (χ3n) is 4.13. The highest BCUT2D eigenvalue weighted by molar-refractivity contribution is 7.89. The Balaban J connectivity index is 1.90. The van der Waals surface area contributed by atoms with Gasteiger partial charge >= 0.3 is 0 Å². The van der Waals surface area contributed by atoms with Gasteiger partial charge in [-0.15, -0.1) is 0 Å². The number of hydrogen-bond acceptors (Lipinski definition) is 3. The largest absolute Gasteiger partial charge is 0.309 e. The van der Waals surface area contributed by atoms with Crippen molar-refractivity contribution in [3.05, 3.63) is 34.9 Å². The van der Waals surface area contributed by atoms with E-state index in [-0.39, 0.29) is 6.04 Å². The van der Waals surface area contributed by atoms with E-state index in [1.807, 2.05) is 0 Å². The molecule has 1 fully saturated rings. The average Bonchev–Trinajstić information content (AvgIpc) is 2.72. The summed E-state index contributed by atoms with van der Waals surface area (Å²) in [5.74, 6) is 0.305. The minimum Gasteiger partial charge on any atom is -0.309 e. The minimum atomic E-state index is -2.97. The Bertz CT molecular complexity index is 569. The van der Waals surface area contributed by atoms with E-state index in [4.69, 9.17) is 0 Å². The molecule has 1 N–H and O–H groups in total. The molecule has 1 aliphatic rings. The fourth-order valence-corrected chi connectivity index (χ4v) is 4.23. The number of benzene rings is 1. The molecule has 0 aliphatic carbocycles. The summed E-state index contributed by atoms with van der Waals surface area (Å²) in [5.41, 5.74) is 3.88. The van der Waals surface area contributed by atoms with Gasteiger partial charge in [0.05, 0.1) is 5.75 Å². The van der Waals surface area contributed by atoms with E-state index in [1.54, 1.807) is 4.31 Å². The summed E-state index contributed by atoms with van der Waals surface area (Å²) in [5, 5.41) is 3.43. The first-order chi connectivity index (χ1) is 9.42. The van der Waals surface area contributed by atoms with Crippen molar-refractivity contribution >= 4 is 10.0 Å². The third-order valence-corrected chi connectivity index (χ3v) is 6.08. The molecule has 0 spiro atoms. The maximum Gasteiger partial charge on any atom is 0.214 e. The van der Waals surface area contributed by atoms with Crippen LogP contribution < -0.4 is 5.32 Å². The van der Waals surface area contributed by atoms with E-state index in [0.717, 1.165) is 6.42 Å². The molecule has 1 aliphatic heterocycles. The van der Waals surface area contributed by atoms with Gasteiger partial charge in [0.15, 0.2) is 0 Å². The zero-order valence-corrected chi connectivity index (χ0v) is 13.3. The highest BCUT2D eigenvalue weighted by atomic mass is 32.2. The van der Waals surface area contributed by atoms with Gasteiger partial charge in [-0.3, -0.25) is 0 Å². The average molecular weight is 296 g/mol. The van der Waals surface area contributed by atoms with Crippen molar-refractivity contribution in [2.45, 2.75) is 33.2 Å². The Kier molecular flexibility index (Phi) is 4.83. The Morgan fingerprint density at radius 3 is 2.75 bits per heavy atom. The van der Waals surface area contributed by atoms with Crippen LogP contribution in [0.25, 0.3) is 0 Å². The van der Waals surface area contributed by atoms with E-state index in [2.05, 4.69) is 44.3 Å². The van der Waals surface area contributed by atoms with Crippen molar-refractivity contribution in [1.29, 1.82) is 0 Å². The first-order valence-electron chi connectivity index (χ1n) is 7.19. The Morgan fingerprint density at radius 1 is 1.35 bits per heavy atom. The van der Waals surface area contributed by atoms with Crippen LogP contribution in [0.5, 0.6) is 0 Å². The Hall–Kier alpha value is -0.910. The van der Waals surface area contributed by atoms with E-state index in [0.29, 0.717) is 25.4 Å². The molecular formula is C15H24N2O2S. The standard InChI is InChI=1S/C15H24N2O2S/c1-12-6-4-7-15(13(12)2)14(3)16-8-10-17-9-5-11-20(17,18)19/h4,6-7,14,16H,5,8-11H2,1-3H3/t14-/m1/s1. The monoisotopic (exact) mass is 296 g/mol. The van der Waals surface area contributed by atoms with Crippen molar-refractivity contribution < 1.29 is 8.42 Å². The zero-order valence-electron chi connectivity index (χ0n) is 12.5. The van der Waals surface area contributed by atoms with Gasteiger partial charge in [-0.1, -0.05) is 18.2 Å². The van der Waals surface area contributed by atoms with Gasteiger partial charge < -0.3 is 5.32 Å². The quantitative estimate of drug-likeness (QED) is 0.904. The molecule has 1 saturated heterocycles. The van der Waals surface area contributed by atoms with Gasteiger partial charge in [-0.2, -0.15) is 0 Å². The van der Waals surface area contributed by atoms with Crippen molar-refractivity contribution in [1.82, 2.24) is 9.62 Å². The first-order valence-corrected chi connectivity index (χ1v) is 8.80. The second kappa shape index (κ2) is 6.24. The van der Waals surface area contributed by atoms with Crippen molar-refractivity contribution in [2.75, 3.05) is 25.4 Å². The normalized spacial score (nSPS) is 20.1. The van der Waals surface area contributed by atoms with Crippen LogP contribution in [0.4, 0.5) is 0 Å². The number of hydrogen-bond donors (Lipinski definition) is 1. The van der Waals surface area contributed by atoms with Crippen molar-refractivity contribution in [3.8, 4) is 0 Å². The van der Waals surface area contributed by atoms with E-state index < -0.39 is 10.0 Å². The highest BCUT2D eigenvalue weighted by Crippen LogP contribution is 2.20. The zero-order chi connectivity index (χ0) is 14.8. The molecule has 0 radical (unpaired) electrons. The summed E-state index contributed by atoms with van der Waals surface area (Å²) in [7, 11) is -2.97. The van der Waals surface area contributed by atoms with Crippen LogP contribution in [-0.4, -0.2) is 38.1 Å². The Morgan fingerprint density at radius 2 is 2.10 bits per heavy atom. The molecular weight excluding hydrogens is 272 g/mol. The van der Waals surface area contributed by atoms with Crippen LogP contribution in [0.1, 0.15) is 36.1 Å². The highest BCUT2D eigenvalue weighted by Gasteiger charge is 2.27. The molecule has 1 aromatic carbocycles. The number of rotatable bonds is 5. The van der Waals surface area contributed by atoms with Gasteiger partial charge in [0, 0.05) is 25.7 Å². The predicted octanol–water partition coefficient (Wildman–Crippen LogP) is 1.99. The van der Waals surface area contributed by atoms with E-state index in [1.165, 1.54) is 16.7 Å². The van der Waals surface area contributed by atoms with E-state index >= 15 is 0 Å². The number of sulfonamides is 1. The minimum absolute atomic E-state index is 0.236. The lowest BCUT2D eigenvalue weighted by molar-refractivity contribution is 0.421. The molecule has 0 bridgehead atoms. The summed E-state index contributed by atoms with van der Waals surface area (Å²) >= 11 is 0. The third kappa shape index (κ3) is 3.40. The molecule has 20 heavy (non-hydrogen) atoms. The number of aryl methyl sites for hydroxylation is 1. The molecule has 0 aromatic heterocycles. The molecule has 112 valence electrons. The Labute approximate surface area is 122 Å². The fraction of sp³-hybridized carbons (Fsp3) is 0.600. The molecule has 1 aromatic rings.